The average molecular weight is 222 g/mol. The van der Waals surface area contributed by atoms with Crippen LogP contribution in [0, 0.1) is 5.92 Å². The van der Waals surface area contributed by atoms with Crippen LogP contribution in [0.5, 0.6) is 0 Å². The second kappa shape index (κ2) is 9.85. The fourth-order valence-electron chi connectivity index (χ4n) is 1.57. The van der Waals surface area contributed by atoms with Gasteiger partial charge in [-0.25, -0.2) is 0 Å². The molecular formula is C10H23O3P. The highest BCUT2D eigenvalue weighted by atomic mass is 31.2. The van der Waals surface area contributed by atoms with Gasteiger partial charge in [-0.15, -0.1) is 0 Å². The van der Waals surface area contributed by atoms with Crippen LogP contribution in [0.3, 0.4) is 0 Å². The Morgan fingerprint density at radius 2 is 1.79 bits per heavy atom. The molecule has 0 bridgehead atoms. The lowest BCUT2D eigenvalue weighted by atomic mass is 9.98. The summed E-state index contributed by atoms with van der Waals surface area (Å²) in [6.45, 7) is 4.83. The molecule has 0 aliphatic carbocycles. The van der Waals surface area contributed by atoms with E-state index >= 15 is 0 Å². The summed E-state index contributed by atoms with van der Waals surface area (Å²) in [6, 6.07) is 0. The Bertz CT molecular complexity index is 120. The largest absolute Gasteiger partial charge is 0.328 e. The molecule has 1 unspecified atom stereocenters. The van der Waals surface area contributed by atoms with Gasteiger partial charge in [0, 0.05) is 0 Å². The molecule has 0 radical (unpaired) electrons. The standard InChI is InChI=1S/C10H23O3P/c1-3-5-6-8-10(7-4-2)9-13-14(11)12/h10-12H,3-9H2,1-2H3. The number of rotatable bonds is 9. The molecular weight excluding hydrogens is 199 g/mol. The van der Waals surface area contributed by atoms with E-state index in [1.165, 1.54) is 19.3 Å². The van der Waals surface area contributed by atoms with Crippen LogP contribution in [0.1, 0.15) is 52.4 Å². The molecule has 0 saturated carbocycles. The minimum absolute atomic E-state index is 0.496. The summed E-state index contributed by atoms with van der Waals surface area (Å²) in [5.74, 6) is 0.496. The highest BCUT2D eigenvalue weighted by Crippen LogP contribution is 2.27. The predicted molar refractivity (Wildman–Crippen MR) is 59.8 cm³/mol. The van der Waals surface area contributed by atoms with Crippen molar-refractivity contribution in [3.05, 3.63) is 0 Å². The molecule has 0 fully saturated rings. The molecule has 14 heavy (non-hydrogen) atoms. The number of hydrogen-bond donors (Lipinski definition) is 2. The van der Waals surface area contributed by atoms with Crippen molar-refractivity contribution in [2.45, 2.75) is 52.4 Å². The summed E-state index contributed by atoms with van der Waals surface area (Å²) in [5, 5.41) is 0. The minimum Gasteiger partial charge on any atom is -0.328 e. The first-order valence-electron chi connectivity index (χ1n) is 5.51. The van der Waals surface area contributed by atoms with E-state index in [9.17, 15) is 0 Å². The topological polar surface area (TPSA) is 49.7 Å². The second-order valence-electron chi connectivity index (χ2n) is 3.70. The molecule has 2 N–H and O–H groups in total. The summed E-state index contributed by atoms with van der Waals surface area (Å²) in [6.07, 6.45) is 7.10. The van der Waals surface area contributed by atoms with Gasteiger partial charge in [-0.3, -0.25) is 0 Å². The van der Waals surface area contributed by atoms with Crippen molar-refractivity contribution in [1.29, 1.82) is 0 Å². The van der Waals surface area contributed by atoms with Crippen LogP contribution in [-0.2, 0) is 4.52 Å². The molecule has 3 nitrogen and oxygen atoms in total. The third-order valence-electron chi connectivity index (χ3n) is 2.34. The van der Waals surface area contributed by atoms with Gasteiger partial charge in [0.1, 0.15) is 0 Å². The van der Waals surface area contributed by atoms with E-state index in [-0.39, 0.29) is 0 Å². The summed E-state index contributed by atoms with van der Waals surface area (Å²) < 4.78 is 4.86. The van der Waals surface area contributed by atoms with Crippen LogP contribution in [0.25, 0.3) is 0 Å². The lowest BCUT2D eigenvalue weighted by Gasteiger charge is -2.15. The van der Waals surface area contributed by atoms with E-state index in [4.69, 9.17) is 14.3 Å². The van der Waals surface area contributed by atoms with Crippen LogP contribution in [-0.4, -0.2) is 16.4 Å². The molecule has 0 amide bonds. The van der Waals surface area contributed by atoms with E-state index in [1.54, 1.807) is 0 Å². The summed E-state index contributed by atoms with van der Waals surface area (Å²) in [7, 11) is -2.16. The monoisotopic (exact) mass is 222 g/mol. The molecule has 0 aliphatic heterocycles. The van der Waals surface area contributed by atoms with Crippen LogP contribution in [0.4, 0.5) is 0 Å². The fourth-order valence-corrected chi connectivity index (χ4v) is 1.92. The molecule has 0 aliphatic rings. The Morgan fingerprint density at radius 3 is 2.29 bits per heavy atom. The lowest BCUT2D eigenvalue weighted by Crippen LogP contribution is -2.07. The maximum absolute atomic E-state index is 8.64. The van der Waals surface area contributed by atoms with Crippen molar-refractivity contribution < 1.29 is 14.3 Å². The van der Waals surface area contributed by atoms with Crippen LogP contribution < -0.4 is 0 Å². The van der Waals surface area contributed by atoms with Crippen molar-refractivity contribution >= 4 is 8.60 Å². The van der Waals surface area contributed by atoms with E-state index in [0.29, 0.717) is 12.5 Å². The maximum Gasteiger partial charge on any atom is 0.327 e. The van der Waals surface area contributed by atoms with Crippen molar-refractivity contribution in [2.75, 3.05) is 6.61 Å². The molecule has 1 atom stereocenters. The van der Waals surface area contributed by atoms with Crippen molar-refractivity contribution in [3.8, 4) is 0 Å². The summed E-state index contributed by atoms with van der Waals surface area (Å²) in [5.41, 5.74) is 0. The highest BCUT2D eigenvalue weighted by Gasteiger charge is 2.10. The normalized spacial score (nSPS) is 13.5. The lowest BCUT2D eigenvalue weighted by molar-refractivity contribution is 0.196. The summed E-state index contributed by atoms with van der Waals surface area (Å²) >= 11 is 0. The molecule has 0 spiro atoms. The van der Waals surface area contributed by atoms with E-state index < -0.39 is 8.60 Å². The second-order valence-corrected chi connectivity index (χ2v) is 4.46. The van der Waals surface area contributed by atoms with Crippen molar-refractivity contribution in [1.82, 2.24) is 0 Å². The van der Waals surface area contributed by atoms with Gasteiger partial charge in [0.2, 0.25) is 0 Å². The first-order chi connectivity index (χ1) is 6.70. The molecule has 0 aromatic rings. The summed E-state index contributed by atoms with van der Waals surface area (Å²) in [4.78, 5) is 17.3. The SMILES string of the molecule is CCCCCC(CCC)COP(O)O. The molecule has 0 heterocycles. The first kappa shape index (κ1) is 14.3. The third-order valence-corrected chi connectivity index (χ3v) is 2.72. The Balaban J connectivity index is 3.54. The van der Waals surface area contributed by atoms with Gasteiger partial charge in [-0.2, -0.15) is 0 Å². The number of hydrogen-bond acceptors (Lipinski definition) is 3. The van der Waals surface area contributed by atoms with Crippen molar-refractivity contribution in [3.63, 3.8) is 0 Å². The smallest absolute Gasteiger partial charge is 0.327 e. The Morgan fingerprint density at radius 1 is 1.07 bits per heavy atom. The van der Waals surface area contributed by atoms with Crippen LogP contribution in [0.15, 0.2) is 0 Å². The zero-order valence-electron chi connectivity index (χ0n) is 9.28. The van der Waals surface area contributed by atoms with Gasteiger partial charge >= 0.3 is 8.60 Å². The van der Waals surface area contributed by atoms with Crippen LogP contribution in [0.2, 0.25) is 0 Å². The Hall–Kier alpha value is 0.310. The molecule has 86 valence electrons. The van der Waals surface area contributed by atoms with Crippen LogP contribution >= 0.6 is 8.60 Å². The fraction of sp³-hybridized carbons (Fsp3) is 1.00. The molecule has 4 heteroatoms. The molecule has 0 saturated heterocycles. The van der Waals surface area contributed by atoms with E-state index in [2.05, 4.69) is 13.8 Å². The zero-order valence-corrected chi connectivity index (χ0v) is 10.2. The quantitative estimate of drug-likeness (QED) is 0.465. The minimum atomic E-state index is -2.16. The predicted octanol–water partition coefficient (Wildman–Crippen LogP) is 3.21. The highest BCUT2D eigenvalue weighted by molar-refractivity contribution is 7.39. The Kier molecular flexibility index (Phi) is 10.1. The van der Waals surface area contributed by atoms with E-state index in [0.717, 1.165) is 19.3 Å². The first-order valence-corrected chi connectivity index (χ1v) is 6.68. The molecule has 0 rings (SSSR count). The Labute approximate surface area is 88.5 Å². The van der Waals surface area contributed by atoms with Crippen molar-refractivity contribution in [2.24, 2.45) is 5.92 Å². The van der Waals surface area contributed by atoms with Gasteiger partial charge in [0.05, 0.1) is 6.61 Å². The van der Waals surface area contributed by atoms with Gasteiger partial charge in [0.15, 0.2) is 0 Å². The molecule has 0 aromatic heterocycles. The zero-order chi connectivity index (χ0) is 10.8. The average Bonchev–Trinajstić information content (AvgIpc) is 2.14. The van der Waals surface area contributed by atoms with E-state index in [1.807, 2.05) is 0 Å². The number of unbranched alkanes of at least 4 members (excludes halogenated alkanes) is 2. The molecule has 0 aromatic carbocycles. The maximum atomic E-state index is 8.64. The van der Waals surface area contributed by atoms with Gasteiger partial charge in [-0.1, -0.05) is 39.5 Å². The third kappa shape index (κ3) is 8.89. The van der Waals surface area contributed by atoms with Gasteiger partial charge < -0.3 is 14.3 Å². The van der Waals surface area contributed by atoms with Gasteiger partial charge in [-0.05, 0) is 18.8 Å². The van der Waals surface area contributed by atoms with Gasteiger partial charge in [0.25, 0.3) is 0 Å².